The number of rotatable bonds is 3. The molecule has 1 aromatic rings. The summed E-state index contributed by atoms with van der Waals surface area (Å²) in [6.45, 7) is 4.68. The first-order chi connectivity index (χ1) is 8.01. The molecule has 0 atom stereocenters. The molecule has 0 saturated carbocycles. The third-order valence-corrected chi connectivity index (χ3v) is 3.06. The predicted molar refractivity (Wildman–Crippen MR) is 65.4 cm³/mol. The molecule has 0 saturated heterocycles. The lowest BCUT2D eigenvalue weighted by atomic mass is 10.3. The molecule has 6 heteroatoms. The molecule has 0 heterocycles. The van der Waals surface area contributed by atoms with E-state index in [0.29, 0.717) is 13.1 Å². The number of amides is 1. The Morgan fingerprint density at radius 2 is 1.88 bits per heavy atom. The zero-order valence-corrected chi connectivity index (χ0v) is 11.0. The Kier molecular flexibility index (Phi) is 5.02. The van der Waals surface area contributed by atoms with Gasteiger partial charge in [0.15, 0.2) is 5.75 Å². The van der Waals surface area contributed by atoms with Crippen LogP contribution in [0.25, 0.3) is 0 Å². The van der Waals surface area contributed by atoms with Crippen molar-refractivity contribution < 1.29 is 13.9 Å². The van der Waals surface area contributed by atoms with Gasteiger partial charge < -0.3 is 9.64 Å². The van der Waals surface area contributed by atoms with Gasteiger partial charge >= 0.3 is 6.09 Å². The van der Waals surface area contributed by atoms with Crippen LogP contribution in [0.5, 0.6) is 5.75 Å². The Hall–Kier alpha value is -1.00. The van der Waals surface area contributed by atoms with E-state index in [0.717, 1.165) is 6.07 Å². The molecule has 0 aliphatic carbocycles. The van der Waals surface area contributed by atoms with Crippen molar-refractivity contribution in [1.29, 1.82) is 0 Å². The summed E-state index contributed by atoms with van der Waals surface area (Å²) in [6, 6.07) is 2.37. The average molecular weight is 280 g/mol. The maximum absolute atomic E-state index is 13.0. The highest BCUT2D eigenvalue weighted by Gasteiger charge is 2.17. The van der Waals surface area contributed by atoms with Gasteiger partial charge in [0.05, 0.1) is 5.02 Å². The van der Waals surface area contributed by atoms with Gasteiger partial charge in [0.2, 0.25) is 0 Å². The lowest BCUT2D eigenvalue weighted by Gasteiger charge is -2.18. The van der Waals surface area contributed by atoms with Crippen molar-refractivity contribution in [2.75, 3.05) is 13.1 Å². The topological polar surface area (TPSA) is 29.5 Å². The second-order valence-corrected chi connectivity index (χ2v) is 3.97. The first kappa shape index (κ1) is 14.1. The highest BCUT2D eigenvalue weighted by molar-refractivity contribution is 6.43. The fraction of sp³-hybridized carbons (Fsp3) is 0.364. The fourth-order valence-corrected chi connectivity index (χ4v) is 1.58. The van der Waals surface area contributed by atoms with Gasteiger partial charge in [-0.25, -0.2) is 9.18 Å². The normalized spacial score (nSPS) is 10.2. The molecule has 0 unspecified atom stereocenters. The Balaban J connectivity index is 2.89. The van der Waals surface area contributed by atoms with E-state index in [1.165, 1.54) is 11.0 Å². The van der Waals surface area contributed by atoms with Crippen molar-refractivity contribution in [2.45, 2.75) is 13.8 Å². The van der Waals surface area contributed by atoms with Crippen molar-refractivity contribution in [2.24, 2.45) is 0 Å². The van der Waals surface area contributed by atoms with Crippen molar-refractivity contribution in [3.05, 3.63) is 28.0 Å². The van der Waals surface area contributed by atoms with E-state index in [-0.39, 0.29) is 15.8 Å². The van der Waals surface area contributed by atoms with Crippen LogP contribution in [0.1, 0.15) is 13.8 Å². The third-order valence-electron chi connectivity index (χ3n) is 2.22. The summed E-state index contributed by atoms with van der Waals surface area (Å²) in [6.07, 6.45) is -0.542. The summed E-state index contributed by atoms with van der Waals surface area (Å²) in [5, 5.41) is -0.358. The molecule has 0 fully saturated rings. The van der Waals surface area contributed by atoms with Crippen LogP contribution in [0.4, 0.5) is 9.18 Å². The zero-order chi connectivity index (χ0) is 13.0. The SMILES string of the molecule is CCN(CC)C(=O)Oc1ccc(F)c(Cl)c1Cl. The molecule has 0 bridgehead atoms. The first-order valence-electron chi connectivity index (χ1n) is 5.11. The van der Waals surface area contributed by atoms with Crippen LogP contribution in [-0.2, 0) is 0 Å². The van der Waals surface area contributed by atoms with Crippen LogP contribution in [0.2, 0.25) is 10.0 Å². The van der Waals surface area contributed by atoms with E-state index >= 15 is 0 Å². The predicted octanol–water partition coefficient (Wildman–Crippen LogP) is 3.97. The number of carbonyl (C=O) groups excluding carboxylic acids is 1. The van der Waals surface area contributed by atoms with Crippen molar-refractivity contribution in [3.8, 4) is 5.75 Å². The van der Waals surface area contributed by atoms with Crippen molar-refractivity contribution in [1.82, 2.24) is 4.90 Å². The minimum absolute atomic E-state index is 0.0509. The van der Waals surface area contributed by atoms with Gasteiger partial charge in [0, 0.05) is 13.1 Å². The van der Waals surface area contributed by atoms with Crippen LogP contribution in [-0.4, -0.2) is 24.1 Å². The Labute approximate surface area is 109 Å². The molecule has 1 rings (SSSR count). The van der Waals surface area contributed by atoms with E-state index < -0.39 is 11.9 Å². The summed E-state index contributed by atoms with van der Waals surface area (Å²) in [5.41, 5.74) is 0. The number of halogens is 3. The Morgan fingerprint density at radius 1 is 1.29 bits per heavy atom. The van der Waals surface area contributed by atoms with E-state index in [1.54, 1.807) is 0 Å². The molecule has 1 amide bonds. The van der Waals surface area contributed by atoms with Gasteiger partial charge in [-0.15, -0.1) is 0 Å². The van der Waals surface area contributed by atoms with Gasteiger partial charge in [-0.3, -0.25) is 0 Å². The second-order valence-electron chi connectivity index (χ2n) is 3.21. The molecule has 0 spiro atoms. The minimum atomic E-state index is -0.653. The van der Waals surface area contributed by atoms with E-state index in [1.807, 2.05) is 13.8 Å². The number of hydrogen-bond donors (Lipinski definition) is 0. The largest absolute Gasteiger partial charge is 0.415 e. The minimum Gasteiger partial charge on any atom is -0.409 e. The first-order valence-corrected chi connectivity index (χ1v) is 5.87. The summed E-state index contributed by atoms with van der Waals surface area (Å²) in [5.74, 6) is -0.603. The molecule has 0 aromatic heterocycles. The van der Waals surface area contributed by atoms with Gasteiger partial charge in [0.1, 0.15) is 10.8 Å². The van der Waals surface area contributed by atoms with Gasteiger partial charge in [0.25, 0.3) is 0 Å². The zero-order valence-electron chi connectivity index (χ0n) is 9.47. The van der Waals surface area contributed by atoms with Crippen LogP contribution < -0.4 is 4.74 Å². The molecule has 17 heavy (non-hydrogen) atoms. The quantitative estimate of drug-likeness (QED) is 0.784. The molecule has 0 radical (unpaired) electrons. The highest BCUT2D eigenvalue weighted by atomic mass is 35.5. The van der Waals surface area contributed by atoms with Crippen LogP contribution in [0.3, 0.4) is 0 Å². The van der Waals surface area contributed by atoms with Gasteiger partial charge in [-0.05, 0) is 26.0 Å². The van der Waals surface area contributed by atoms with Gasteiger partial charge in [-0.1, -0.05) is 23.2 Å². The fourth-order valence-electron chi connectivity index (χ4n) is 1.23. The monoisotopic (exact) mass is 279 g/mol. The Bertz CT molecular complexity index is 422. The number of benzene rings is 1. The third kappa shape index (κ3) is 3.23. The summed E-state index contributed by atoms with van der Waals surface area (Å²) >= 11 is 11.4. The average Bonchev–Trinajstić information content (AvgIpc) is 2.31. The molecule has 0 aliphatic heterocycles. The van der Waals surface area contributed by atoms with Crippen molar-refractivity contribution in [3.63, 3.8) is 0 Å². The van der Waals surface area contributed by atoms with Gasteiger partial charge in [-0.2, -0.15) is 0 Å². The van der Waals surface area contributed by atoms with E-state index in [4.69, 9.17) is 27.9 Å². The van der Waals surface area contributed by atoms with E-state index in [9.17, 15) is 9.18 Å². The number of nitrogens with zero attached hydrogens (tertiary/aromatic N) is 1. The number of hydrogen-bond acceptors (Lipinski definition) is 2. The maximum Gasteiger partial charge on any atom is 0.415 e. The smallest absolute Gasteiger partial charge is 0.409 e. The van der Waals surface area contributed by atoms with Crippen molar-refractivity contribution >= 4 is 29.3 Å². The molecule has 0 aliphatic rings. The standard InChI is InChI=1S/C11H12Cl2FNO2/c1-3-15(4-2)11(16)17-8-6-5-7(14)9(12)10(8)13/h5-6H,3-4H2,1-2H3. The molecular formula is C11H12Cl2FNO2. The Morgan fingerprint density at radius 3 is 2.41 bits per heavy atom. The summed E-state index contributed by atoms with van der Waals surface area (Å²) in [4.78, 5) is 13.1. The molecule has 0 N–H and O–H groups in total. The summed E-state index contributed by atoms with van der Waals surface area (Å²) < 4.78 is 18.0. The number of carbonyl (C=O) groups is 1. The highest BCUT2D eigenvalue weighted by Crippen LogP contribution is 2.34. The van der Waals surface area contributed by atoms with Crippen LogP contribution in [0.15, 0.2) is 12.1 Å². The van der Waals surface area contributed by atoms with Crippen LogP contribution in [0, 0.1) is 5.82 Å². The maximum atomic E-state index is 13.0. The molecule has 3 nitrogen and oxygen atoms in total. The summed E-state index contributed by atoms with van der Waals surface area (Å²) in [7, 11) is 0. The molecule has 94 valence electrons. The van der Waals surface area contributed by atoms with E-state index in [2.05, 4.69) is 0 Å². The number of ether oxygens (including phenoxy) is 1. The lowest BCUT2D eigenvalue weighted by molar-refractivity contribution is 0.157. The molecule has 1 aromatic carbocycles. The molecular weight excluding hydrogens is 268 g/mol. The second kappa shape index (κ2) is 6.07. The lowest BCUT2D eigenvalue weighted by Crippen LogP contribution is -2.33. The van der Waals surface area contributed by atoms with Crippen LogP contribution >= 0.6 is 23.2 Å².